The zero-order chi connectivity index (χ0) is 13.5. The molecule has 0 heterocycles. The molecule has 3 N–H and O–H groups in total. The fraction of sp³-hybridized carbons (Fsp3) is 0.750. The van der Waals surface area contributed by atoms with E-state index in [1.165, 1.54) is 7.11 Å². The highest BCUT2D eigenvalue weighted by molar-refractivity contribution is 7.89. The molecule has 100 valence electrons. The van der Waals surface area contributed by atoms with Crippen molar-refractivity contribution in [1.29, 1.82) is 0 Å². The molecule has 8 nitrogen and oxygen atoms in total. The molecule has 0 rings (SSSR count). The predicted molar refractivity (Wildman–Crippen MR) is 57.1 cm³/mol. The van der Waals surface area contributed by atoms with Crippen LogP contribution in [0, 0.1) is 0 Å². The molecule has 0 radical (unpaired) electrons. The van der Waals surface area contributed by atoms with Crippen LogP contribution in [0.5, 0.6) is 0 Å². The van der Waals surface area contributed by atoms with Gasteiger partial charge in [0, 0.05) is 13.7 Å². The molecule has 0 saturated heterocycles. The standard InChI is InChI=1S/C8H15NO7S/c1-16-3-2-4-17(14,15)9-6(8(12)13)5-7(10)11/h6,9H,2-5H2,1H3,(H,10,11)(H,12,13)/t6-/m0/s1. The van der Waals surface area contributed by atoms with E-state index < -0.39 is 34.4 Å². The molecule has 0 aromatic rings. The summed E-state index contributed by atoms with van der Waals surface area (Å²) in [6, 6.07) is -1.65. The van der Waals surface area contributed by atoms with Crippen LogP contribution in [0.25, 0.3) is 0 Å². The van der Waals surface area contributed by atoms with Crippen molar-refractivity contribution in [2.45, 2.75) is 18.9 Å². The fourth-order valence-corrected chi connectivity index (χ4v) is 2.26. The monoisotopic (exact) mass is 269 g/mol. The number of carboxylic acids is 2. The minimum absolute atomic E-state index is 0.200. The summed E-state index contributed by atoms with van der Waals surface area (Å²) in [5.74, 6) is -3.23. The number of aliphatic carboxylic acids is 2. The highest BCUT2D eigenvalue weighted by Crippen LogP contribution is 1.98. The molecule has 0 saturated carbocycles. The summed E-state index contributed by atoms with van der Waals surface area (Å²) in [5, 5.41) is 17.1. The summed E-state index contributed by atoms with van der Waals surface area (Å²) in [7, 11) is -2.41. The van der Waals surface area contributed by atoms with Crippen molar-refractivity contribution < 1.29 is 33.0 Å². The minimum atomic E-state index is -3.82. The normalized spacial score (nSPS) is 13.2. The van der Waals surface area contributed by atoms with E-state index in [9.17, 15) is 18.0 Å². The maximum atomic E-state index is 11.4. The average molecular weight is 269 g/mol. The van der Waals surface area contributed by atoms with Gasteiger partial charge in [-0.15, -0.1) is 0 Å². The van der Waals surface area contributed by atoms with Gasteiger partial charge in [0.15, 0.2) is 0 Å². The zero-order valence-electron chi connectivity index (χ0n) is 9.25. The third-order valence-corrected chi connectivity index (χ3v) is 3.23. The van der Waals surface area contributed by atoms with Gasteiger partial charge in [-0.25, -0.2) is 13.1 Å². The molecular formula is C8H15NO7S. The Morgan fingerprint density at radius 1 is 1.35 bits per heavy atom. The van der Waals surface area contributed by atoms with Gasteiger partial charge in [0.1, 0.15) is 6.04 Å². The Balaban J connectivity index is 4.42. The number of methoxy groups -OCH3 is 1. The van der Waals surface area contributed by atoms with Gasteiger partial charge < -0.3 is 14.9 Å². The van der Waals surface area contributed by atoms with Crippen LogP contribution in [0.1, 0.15) is 12.8 Å². The number of rotatable bonds is 9. The van der Waals surface area contributed by atoms with Crippen molar-refractivity contribution in [3.05, 3.63) is 0 Å². The van der Waals surface area contributed by atoms with Gasteiger partial charge in [-0.3, -0.25) is 9.59 Å². The molecule has 0 bridgehead atoms. The molecular weight excluding hydrogens is 254 g/mol. The first-order valence-electron chi connectivity index (χ1n) is 4.72. The Kier molecular flexibility index (Phi) is 6.69. The first-order chi connectivity index (χ1) is 7.78. The van der Waals surface area contributed by atoms with Crippen LogP contribution in [0.3, 0.4) is 0 Å². The van der Waals surface area contributed by atoms with Gasteiger partial charge in [-0.05, 0) is 6.42 Å². The lowest BCUT2D eigenvalue weighted by molar-refractivity contribution is -0.145. The molecule has 1 atom stereocenters. The minimum Gasteiger partial charge on any atom is -0.481 e. The Labute approximate surface area is 98.6 Å². The van der Waals surface area contributed by atoms with E-state index in [-0.39, 0.29) is 18.8 Å². The molecule has 0 aliphatic carbocycles. The lowest BCUT2D eigenvalue weighted by Gasteiger charge is -2.12. The number of sulfonamides is 1. The SMILES string of the molecule is COCCCS(=O)(=O)N[C@@H](CC(=O)O)C(=O)O. The lowest BCUT2D eigenvalue weighted by Crippen LogP contribution is -2.43. The highest BCUT2D eigenvalue weighted by Gasteiger charge is 2.26. The predicted octanol–water partition coefficient (Wildman–Crippen LogP) is -1.13. The van der Waals surface area contributed by atoms with Gasteiger partial charge >= 0.3 is 11.9 Å². The maximum absolute atomic E-state index is 11.4. The van der Waals surface area contributed by atoms with Crippen LogP contribution in [0.15, 0.2) is 0 Å². The lowest BCUT2D eigenvalue weighted by atomic mass is 10.2. The molecule has 0 spiro atoms. The number of hydrogen-bond acceptors (Lipinski definition) is 5. The summed E-state index contributed by atoms with van der Waals surface area (Å²) < 4.78 is 29.2. The van der Waals surface area contributed by atoms with E-state index in [2.05, 4.69) is 4.74 Å². The van der Waals surface area contributed by atoms with E-state index in [4.69, 9.17) is 10.2 Å². The second-order valence-electron chi connectivity index (χ2n) is 3.27. The quantitative estimate of drug-likeness (QED) is 0.451. The molecule has 0 unspecified atom stereocenters. The Morgan fingerprint density at radius 3 is 2.35 bits per heavy atom. The van der Waals surface area contributed by atoms with Gasteiger partial charge in [-0.1, -0.05) is 0 Å². The van der Waals surface area contributed by atoms with Crippen LogP contribution in [0.4, 0.5) is 0 Å². The smallest absolute Gasteiger partial charge is 0.322 e. The van der Waals surface area contributed by atoms with E-state index in [1.807, 2.05) is 4.72 Å². The summed E-state index contributed by atoms with van der Waals surface area (Å²) in [5.41, 5.74) is 0. The van der Waals surface area contributed by atoms with E-state index in [1.54, 1.807) is 0 Å². The summed E-state index contributed by atoms with van der Waals surface area (Å²) in [4.78, 5) is 21.0. The van der Waals surface area contributed by atoms with E-state index in [0.717, 1.165) is 0 Å². The molecule has 0 aliphatic rings. The average Bonchev–Trinajstić information content (AvgIpc) is 2.15. The topological polar surface area (TPSA) is 130 Å². The van der Waals surface area contributed by atoms with Gasteiger partial charge in [0.2, 0.25) is 10.0 Å². The maximum Gasteiger partial charge on any atom is 0.322 e. The van der Waals surface area contributed by atoms with Crippen molar-refractivity contribution in [3.63, 3.8) is 0 Å². The fourth-order valence-electron chi connectivity index (χ4n) is 1.02. The number of ether oxygens (including phenoxy) is 1. The third-order valence-electron chi connectivity index (χ3n) is 1.76. The van der Waals surface area contributed by atoms with E-state index in [0.29, 0.717) is 0 Å². The number of carboxylic acid groups (broad SMARTS) is 2. The Hall–Kier alpha value is -1.19. The second kappa shape index (κ2) is 7.20. The molecule has 17 heavy (non-hydrogen) atoms. The van der Waals surface area contributed by atoms with Crippen LogP contribution in [-0.2, 0) is 24.3 Å². The zero-order valence-corrected chi connectivity index (χ0v) is 10.1. The van der Waals surface area contributed by atoms with Gasteiger partial charge in [0.25, 0.3) is 0 Å². The number of carbonyl (C=O) groups is 2. The summed E-state index contributed by atoms with van der Waals surface area (Å²) in [6.07, 6.45) is -0.607. The first kappa shape index (κ1) is 15.8. The molecule has 0 amide bonds. The molecule has 9 heteroatoms. The second-order valence-corrected chi connectivity index (χ2v) is 5.15. The first-order valence-corrected chi connectivity index (χ1v) is 6.37. The largest absolute Gasteiger partial charge is 0.481 e. The van der Waals surface area contributed by atoms with Crippen LogP contribution < -0.4 is 4.72 Å². The molecule has 0 aromatic heterocycles. The molecule has 0 aliphatic heterocycles. The summed E-state index contributed by atoms with van der Waals surface area (Å²) >= 11 is 0. The molecule has 0 aromatic carbocycles. The van der Waals surface area contributed by atoms with Gasteiger partial charge in [0.05, 0.1) is 12.2 Å². The highest BCUT2D eigenvalue weighted by atomic mass is 32.2. The molecule has 0 fully saturated rings. The van der Waals surface area contributed by atoms with Crippen LogP contribution in [0.2, 0.25) is 0 Å². The van der Waals surface area contributed by atoms with Gasteiger partial charge in [-0.2, -0.15) is 0 Å². The van der Waals surface area contributed by atoms with E-state index >= 15 is 0 Å². The Bertz CT molecular complexity index is 364. The number of nitrogens with one attached hydrogen (secondary N) is 1. The van der Waals surface area contributed by atoms with Crippen LogP contribution >= 0.6 is 0 Å². The van der Waals surface area contributed by atoms with Crippen molar-refractivity contribution in [2.75, 3.05) is 19.5 Å². The Morgan fingerprint density at radius 2 is 1.94 bits per heavy atom. The van der Waals surface area contributed by atoms with Crippen molar-refractivity contribution in [2.24, 2.45) is 0 Å². The van der Waals surface area contributed by atoms with Crippen LogP contribution in [-0.4, -0.2) is 56.1 Å². The van der Waals surface area contributed by atoms with Crippen molar-refractivity contribution in [3.8, 4) is 0 Å². The van der Waals surface area contributed by atoms with Crippen molar-refractivity contribution in [1.82, 2.24) is 4.72 Å². The third kappa shape index (κ3) is 7.66. The van der Waals surface area contributed by atoms with Crippen molar-refractivity contribution >= 4 is 22.0 Å². The summed E-state index contributed by atoms with van der Waals surface area (Å²) in [6.45, 7) is 0.220. The number of hydrogen-bond donors (Lipinski definition) is 3.